The lowest BCUT2D eigenvalue weighted by Gasteiger charge is -2.07. The molecule has 1 N–H and O–H groups in total. The maximum atomic E-state index is 12.2. The molecule has 2 aromatic carbocycles. The number of nitrogens with one attached hydrogen (secondary N) is 1. The van der Waals surface area contributed by atoms with Gasteiger partial charge in [0.1, 0.15) is 0 Å². The number of methoxy groups -OCH3 is 1. The molecule has 22 heavy (non-hydrogen) atoms. The molecule has 0 fully saturated rings. The van der Waals surface area contributed by atoms with Crippen LogP contribution in [0.4, 0.5) is 0 Å². The van der Waals surface area contributed by atoms with E-state index in [4.69, 9.17) is 4.74 Å². The van der Waals surface area contributed by atoms with Gasteiger partial charge < -0.3 is 10.1 Å². The molecule has 1 aromatic heterocycles. The summed E-state index contributed by atoms with van der Waals surface area (Å²) in [4.78, 5) is 16.3. The van der Waals surface area contributed by atoms with Crippen LogP contribution < -0.4 is 10.1 Å². The average molecular weight is 292 g/mol. The van der Waals surface area contributed by atoms with Crippen LogP contribution in [0.15, 0.2) is 60.8 Å². The van der Waals surface area contributed by atoms with Crippen molar-refractivity contribution in [3.8, 4) is 5.88 Å². The van der Waals surface area contributed by atoms with Gasteiger partial charge in [-0.05, 0) is 28.5 Å². The number of hydrogen-bond acceptors (Lipinski definition) is 3. The molecule has 3 rings (SSSR count). The summed E-state index contributed by atoms with van der Waals surface area (Å²) in [6, 6.07) is 17.3. The Morgan fingerprint density at radius 3 is 2.64 bits per heavy atom. The van der Waals surface area contributed by atoms with Crippen LogP contribution in [0.25, 0.3) is 10.8 Å². The summed E-state index contributed by atoms with van der Waals surface area (Å²) >= 11 is 0. The van der Waals surface area contributed by atoms with Gasteiger partial charge in [-0.3, -0.25) is 4.79 Å². The fourth-order valence-electron chi connectivity index (χ4n) is 2.25. The van der Waals surface area contributed by atoms with Crippen LogP contribution in [-0.4, -0.2) is 18.0 Å². The lowest BCUT2D eigenvalue weighted by atomic mass is 10.1. The highest BCUT2D eigenvalue weighted by Gasteiger charge is 2.06. The standard InChI is InChI=1S/C18H16N2O2/c1-22-17-9-6-13(11-19-17)12-20-18(21)16-8-7-14-4-2-3-5-15(14)10-16/h2-11H,12H2,1H3,(H,20,21). The van der Waals surface area contributed by atoms with Crippen molar-refractivity contribution >= 4 is 16.7 Å². The maximum Gasteiger partial charge on any atom is 0.251 e. The van der Waals surface area contributed by atoms with E-state index in [1.807, 2.05) is 48.5 Å². The van der Waals surface area contributed by atoms with Gasteiger partial charge in [0.15, 0.2) is 0 Å². The Kier molecular flexibility index (Phi) is 4.01. The Morgan fingerprint density at radius 1 is 1.09 bits per heavy atom. The first-order valence-electron chi connectivity index (χ1n) is 7.02. The van der Waals surface area contributed by atoms with Crippen LogP contribution in [0.1, 0.15) is 15.9 Å². The van der Waals surface area contributed by atoms with Gasteiger partial charge >= 0.3 is 0 Å². The zero-order chi connectivity index (χ0) is 15.4. The second-order valence-corrected chi connectivity index (χ2v) is 4.95. The van der Waals surface area contributed by atoms with E-state index >= 15 is 0 Å². The summed E-state index contributed by atoms with van der Waals surface area (Å²) in [6.45, 7) is 0.433. The summed E-state index contributed by atoms with van der Waals surface area (Å²) in [5.74, 6) is 0.464. The third kappa shape index (κ3) is 3.06. The number of rotatable bonds is 4. The molecular weight excluding hydrogens is 276 g/mol. The Hall–Kier alpha value is -2.88. The predicted octanol–water partition coefficient (Wildman–Crippen LogP) is 3.17. The molecule has 3 aromatic rings. The van der Waals surface area contributed by atoms with Crippen molar-refractivity contribution in [3.05, 3.63) is 71.9 Å². The van der Waals surface area contributed by atoms with Crippen molar-refractivity contribution in [3.63, 3.8) is 0 Å². The van der Waals surface area contributed by atoms with E-state index in [-0.39, 0.29) is 5.91 Å². The third-order valence-electron chi connectivity index (χ3n) is 3.47. The second-order valence-electron chi connectivity index (χ2n) is 4.95. The van der Waals surface area contributed by atoms with Crippen molar-refractivity contribution in [1.82, 2.24) is 10.3 Å². The van der Waals surface area contributed by atoms with Gasteiger partial charge in [0.2, 0.25) is 5.88 Å². The van der Waals surface area contributed by atoms with Gasteiger partial charge in [-0.25, -0.2) is 4.98 Å². The molecule has 1 heterocycles. The minimum atomic E-state index is -0.0958. The van der Waals surface area contributed by atoms with Crippen molar-refractivity contribution < 1.29 is 9.53 Å². The van der Waals surface area contributed by atoms with Gasteiger partial charge in [0, 0.05) is 24.4 Å². The molecule has 0 bridgehead atoms. The molecular formula is C18H16N2O2. The lowest BCUT2D eigenvalue weighted by molar-refractivity contribution is 0.0951. The molecule has 0 saturated heterocycles. The summed E-state index contributed by atoms with van der Waals surface area (Å²) in [7, 11) is 1.57. The van der Waals surface area contributed by atoms with E-state index in [9.17, 15) is 4.79 Å². The Morgan fingerprint density at radius 2 is 1.91 bits per heavy atom. The van der Waals surface area contributed by atoms with Crippen molar-refractivity contribution in [2.75, 3.05) is 7.11 Å². The van der Waals surface area contributed by atoms with E-state index < -0.39 is 0 Å². The first-order chi connectivity index (χ1) is 10.8. The molecule has 4 heteroatoms. The highest BCUT2D eigenvalue weighted by atomic mass is 16.5. The van der Waals surface area contributed by atoms with E-state index in [0.29, 0.717) is 18.0 Å². The number of carbonyl (C=O) groups excluding carboxylic acids is 1. The molecule has 0 aliphatic heterocycles. The molecule has 0 saturated carbocycles. The number of benzene rings is 2. The number of nitrogens with zero attached hydrogens (tertiary/aromatic N) is 1. The van der Waals surface area contributed by atoms with Crippen LogP contribution in [0.5, 0.6) is 5.88 Å². The monoisotopic (exact) mass is 292 g/mol. The minimum Gasteiger partial charge on any atom is -0.481 e. The molecule has 0 radical (unpaired) electrons. The topological polar surface area (TPSA) is 51.2 Å². The fourth-order valence-corrected chi connectivity index (χ4v) is 2.25. The summed E-state index contributed by atoms with van der Waals surface area (Å²) < 4.78 is 5.01. The van der Waals surface area contributed by atoms with Gasteiger partial charge in [0.25, 0.3) is 5.91 Å². The van der Waals surface area contributed by atoms with Crippen LogP contribution in [0.2, 0.25) is 0 Å². The van der Waals surface area contributed by atoms with Crippen molar-refractivity contribution in [2.45, 2.75) is 6.54 Å². The normalized spacial score (nSPS) is 10.4. The number of pyridine rings is 1. The average Bonchev–Trinajstić information content (AvgIpc) is 2.59. The molecule has 1 amide bonds. The van der Waals surface area contributed by atoms with Crippen LogP contribution in [0, 0.1) is 0 Å². The van der Waals surface area contributed by atoms with Gasteiger partial charge in [-0.2, -0.15) is 0 Å². The fraction of sp³-hybridized carbons (Fsp3) is 0.111. The molecule has 0 aliphatic rings. The Labute approximate surface area is 128 Å². The highest BCUT2D eigenvalue weighted by molar-refractivity contribution is 5.98. The number of fused-ring (bicyclic) bond motifs is 1. The highest BCUT2D eigenvalue weighted by Crippen LogP contribution is 2.15. The summed E-state index contributed by atoms with van der Waals surface area (Å²) in [6.07, 6.45) is 1.69. The van der Waals surface area contributed by atoms with Gasteiger partial charge in [-0.15, -0.1) is 0 Å². The maximum absolute atomic E-state index is 12.2. The zero-order valence-corrected chi connectivity index (χ0v) is 12.2. The number of ether oxygens (including phenoxy) is 1. The van der Waals surface area contributed by atoms with E-state index in [2.05, 4.69) is 10.3 Å². The summed E-state index contributed by atoms with van der Waals surface area (Å²) in [5.41, 5.74) is 1.58. The third-order valence-corrected chi connectivity index (χ3v) is 3.47. The Bertz CT molecular complexity index is 798. The largest absolute Gasteiger partial charge is 0.481 e. The van der Waals surface area contributed by atoms with Crippen molar-refractivity contribution in [2.24, 2.45) is 0 Å². The lowest BCUT2D eigenvalue weighted by Crippen LogP contribution is -2.22. The van der Waals surface area contributed by atoms with Gasteiger partial charge in [-0.1, -0.05) is 36.4 Å². The Balaban J connectivity index is 1.69. The van der Waals surface area contributed by atoms with Crippen LogP contribution in [-0.2, 0) is 6.54 Å². The first kappa shape index (κ1) is 14.1. The molecule has 110 valence electrons. The number of hydrogen-bond donors (Lipinski definition) is 1. The summed E-state index contributed by atoms with van der Waals surface area (Å²) in [5, 5.41) is 5.08. The zero-order valence-electron chi connectivity index (χ0n) is 12.2. The number of carbonyl (C=O) groups is 1. The van der Waals surface area contributed by atoms with E-state index in [1.54, 1.807) is 19.4 Å². The van der Waals surface area contributed by atoms with E-state index in [0.717, 1.165) is 16.3 Å². The van der Waals surface area contributed by atoms with Crippen LogP contribution in [0.3, 0.4) is 0 Å². The molecule has 0 aliphatic carbocycles. The van der Waals surface area contributed by atoms with E-state index in [1.165, 1.54) is 0 Å². The molecule has 0 spiro atoms. The second kappa shape index (κ2) is 6.26. The predicted molar refractivity (Wildman–Crippen MR) is 85.9 cm³/mol. The molecule has 4 nitrogen and oxygen atoms in total. The van der Waals surface area contributed by atoms with Crippen LogP contribution >= 0.6 is 0 Å². The number of amides is 1. The quantitative estimate of drug-likeness (QED) is 0.803. The molecule has 0 atom stereocenters. The SMILES string of the molecule is COc1ccc(CNC(=O)c2ccc3ccccc3c2)cn1. The van der Waals surface area contributed by atoms with Crippen molar-refractivity contribution in [1.29, 1.82) is 0 Å². The smallest absolute Gasteiger partial charge is 0.251 e. The minimum absolute atomic E-state index is 0.0958. The first-order valence-corrected chi connectivity index (χ1v) is 7.02. The van der Waals surface area contributed by atoms with Gasteiger partial charge in [0.05, 0.1) is 7.11 Å². The number of aromatic nitrogens is 1. The molecule has 0 unspecified atom stereocenters.